The number of carbonyl (C=O) groups is 3. The molecule has 0 aromatic heterocycles. The maximum absolute atomic E-state index is 12.1. The van der Waals surface area contributed by atoms with Crippen LogP contribution in [0.1, 0.15) is 6.92 Å². The van der Waals surface area contributed by atoms with Gasteiger partial charge in [-0.15, -0.1) is 0 Å². The van der Waals surface area contributed by atoms with Gasteiger partial charge in [-0.25, -0.2) is 4.79 Å². The molecule has 0 aromatic rings. The Labute approximate surface area is 118 Å². The second kappa shape index (κ2) is 7.09. The highest BCUT2D eigenvalue weighted by molar-refractivity contribution is 5.83. The summed E-state index contributed by atoms with van der Waals surface area (Å²) in [6.07, 6.45) is 0. The fourth-order valence-electron chi connectivity index (χ4n) is 2.06. The van der Waals surface area contributed by atoms with Crippen LogP contribution >= 0.6 is 0 Å². The number of nitrogens with one attached hydrogen (secondary N) is 1. The fraction of sp³-hybridized carbons (Fsp3) is 0.750. The molecule has 1 atom stereocenters. The molecular formula is C12H22N4O4. The van der Waals surface area contributed by atoms with Crippen LogP contribution in [0.2, 0.25) is 0 Å². The molecule has 1 fully saturated rings. The number of hydrogen-bond acceptors (Lipinski definition) is 4. The van der Waals surface area contributed by atoms with Gasteiger partial charge in [-0.05, 0) is 6.92 Å². The molecule has 2 N–H and O–H groups in total. The Bertz CT molecular complexity index is 380. The minimum Gasteiger partial charge on any atom is -0.480 e. The molecule has 1 rings (SSSR count). The maximum Gasteiger partial charge on any atom is 0.320 e. The number of piperazine rings is 1. The summed E-state index contributed by atoms with van der Waals surface area (Å²) in [5.41, 5.74) is 0. The third-order valence-electron chi connectivity index (χ3n) is 3.48. The number of hydrogen-bond donors (Lipinski definition) is 2. The van der Waals surface area contributed by atoms with Gasteiger partial charge >= 0.3 is 12.0 Å². The van der Waals surface area contributed by atoms with Gasteiger partial charge in [0.2, 0.25) is 5.91 Å². The van der Waals surface area contributed by atoms with Gasteiger partial charge in [-0.2, -0.15) is 0 Å². The van der Waals surface area contributed by atoms with E-state index >= 15 is 0 Å². The number of amides is 3. The van der Waals surface area contributed by atoms with Gasteiger partial charge in [-0.3, -0.25) is 14.5 Å². The van der Waals surface area contributed by atoms with Crippen LogP contribution < -0.4 is 5.32 Å². The van der Waals surface area contributed by atoms with Crippen molar-refractivity contribution in [3.05, 3.63) is 0 Å². The monoisotopic (exact) mass is 286 g/mol. The highest BCUT2D eigenvalue weighted by atomic mass is 16.4. The van der Waals surface area contributed by atoms with E-state index in [-0.39, 0.29) is 18.5 Å². The van der Waals surface area contributed by atoms with Crippen LogP contribution in [0.5, 0.6) is 0 Å². The van der Waals surface area contributed by atoms with Crippen molar-refractivity contribution in [2.45, 2.75) is 13.0 Å². The predicted octanol–water partition coefficient (Wildman–Crippen LogP) is -1.13. The summed E-state index contributed by atoms with van der Waals surface area (Å²) in [7, 11) is 3.09. The van der Waals surface area contributed by atoms with Crippen LogP contribution in [0.4, 0.5) is 4.79 Å². The van der Waals surface area contributed by atoms with Gasteiger partial charge in [0.05, 0.1) is 0 Å². The average Bonchev–Trinajstić information content (AvgIpc) is 2.45. The summed E-state index contributed by atoms with van der Waals surface area (Å²) >= 11 is 0. The number of urea groups is 1. The van der Waals surface area contributed by atoms with E-state index < -0.39 is 12.0 Å². The third kappa shape index (κ3) is 4.09. The molecule has 1 aliphatic heterocycles. The average molecular weight is 286 g/mol. The minimum atomic E-state index is -0.860. The first-order chi connectivity index (χ1) is 9.36. The molecule has 0 aliphatic carbocycles. The van der Waals surface area contributed by atoms with Gasteiger partial charge in [0, 0.05) is 40.3 Å². The van der Waals surface area contributed by atoms with Gasteiger partial charge in [0.15, 0.2) is 0 Å². The van der Waals surface area contributed by atoms with Crippen molar-refractivity contribution in [3.63, 3.8) is 0 Å². The normalized spacial score (nSPS) is 17.4. The van der Waals surface area contributed by atoms with E-state index in [0.717, 1.165) is 0 Å². The SMILES string of the molecule is CNC(=O)CN(C)C(=O)N1CCN(C(C)C(=O)O)CC1. The topological polar surface area (TPSA) is 93.2 Å². The van der Waals surface area contributed by atoms with Crippen molar-refractivity contribution < 1.29 is 19.5 Å². The molecule has 114 valence electrons. The molecule has 1 aliphatic rings. The van der Waals surface area contributed by atoms with Crippen molar-refractivity contribution in [2.75, 3.05) is 46.8 Å². The second-order valence-electron chi connectivity index (χ2n) is 4.85. The number of carboxylic acids is 1. The fourth-order valence-corrected chi connectivity index (χ4v) is 2.06. The number of aliphatic carboxylic acids is 1. The van der Waals surface area contributed by atoms with Crippen molar-refractivity contribution in [2.24, 2.45) is 0 Å². The first-order valence-corrected chi connectivity index (χ1v) is 6.54. The molecule has 1 unspecified atom stereocenters. The zero-order chi connectivity index (χ0) is 15.3. The van der Waals surface area contributed by atoms with Crippen molar-refractivity contribution in [3.8, 4) is 0 Å². The van der Waals surface area contributed by atoms with E-state index in [0.29, 0.717) is 26.2 Å². The van der Waals surface area contributed by atoms with E-state index in [9.17, 15) is 14.4 Å². The summed E-state index contributed by atoms with van der Waals surface area (Å²) in [4.78, 5) is 39.0. The molecule has 0 saturated carbocycles. The van der Waals surface area contributed by atoms with Crippen LogP contribution in [0.3, 0.4) is 0 Å². The summed E-state index contributed by atoms with van der Waals surface area (Å²) in [5, 5.41) is 11.4. The first kappa shape index (κ1) is 16.2. The standard InChI is InChI=1S/C12H22N4O4/c1-9(11(18)19)15-4-6-16(7-5-15)12(20)14(3)8-10(17)13-2/h9H,4-8H2,1-3H3,(H,13,17)(H,18,19). The van der Waals surface area contributed by atoms with E-state index in [1.807, 2.05) is 4.90 Å². The zero-order valence-electron chi connectivity index (χ0n) is 12.1. The van der Waals surface area contributed by atoms with Crippen LogP contribution in [-0.4, -0.2) is 90.6 Å². The molecule has 8 nitrogen and oxygen atoms in total. The predicted molar refractivity (Wildman–Crippen MR) is 72.3 cm³/mol. The Kier molecular flexibility index (Phi) is 5.75. The van der Waals surface area contributed by atoms with Gasteiger partial charge in [-0.1, -0.05) is 0 Å². The highest BCUT2D eigenvalue weighted by Gasteiger charge is 2.28. The molecule has 1 heterocycles. The second-order valence-corrected chi connectivity index (χ2v) is 4.85. The molecule has 0 bridgehead atoms. The summed E-state index contributed by atoms with van der Waals surface area (Å²) in [6.45, 7) is 3.63. The van der Waals surface area contributed by atoms with Crippen molar-refractivity contribution in [1.82, 2.24) is 20.0 Å². The number of likely N-dealkylation sites (N-methyl/N-ethyl adjacent to an activating group) is 2. The highest BCUT2D eigenvalue weighted by Crippen LogP contribution is 2.08. The molecule has 0 spiro atoms. The molecule has 20 heavy (non-hydrogen) atoms. The van der Waals surface area contributed by atoms with E-state index in [1.165, 1.54) is 11.9 Å². The van der Waals surface area contributed by atoms with Crippen LogP contribution in [0, 0.1) is 0 Å². The minimum absolute atomic E-state index is 0.0150. The molecule has 0 aromatic carbocycles. The summed E-state index contributed by atoms with van der Waals surface area (Å²) in [6, 6.07) is -0.757. The van der Waals surface area contributed by atoms with Crippen molar-refractivity contribution in [1.29, 1.82) is 0 Å². The van der Waals surface area contributed by atoms with Gasteiger partial charge < -0.3 is 20.2 Å². The first-order valence-electron chi connectivity index (χ1n) is 6.54. The van der Waals surface area contributed by atoms with Gasteiger partial charge in [0.1, 0.15) is 12.6 Å². The lowest BCUT2D eigenvalue weighted by Gasteiger charge is -2.37. The lowest BCUT2D eigenvalue weighted by molar-refractivity contribution is -0.143. The largest absolute Gasteiger partial charge is 0.480 e. The third-order valence-corrected chi connectivity index (χ3v) is 3.48. The molecule has 3 amide bonds. The zero-order valence-corrected chi connectivity index (χ0v) is 12.1. The summed E-state index contributed by atoms with van der Waals surface area (Å²) < 4.78 is 0. The maximum atomic E-state index is 12.1. The van der Waals surface area contributed by atoms with Crippen LogP contribution in [0.25, 0.3) is 0 Å². The molecule has 8 heteroatoms. The van der Waals surface area contributed by atoms with Crippen LogP contribution in [0.15, 0.2) is 0 Å². The van der Waals surface area contributed by atoms with Crippen molar-refractivity contribution >= 4 is 17.9 Å². The van der Waals surface area contributed by atoms with Gasteiger partial charge in [0.25, 0.3) is 0 Å². The smallest absolute Gasteiger partial charge is 0.320 e. The van der Waals surface area contributed by atoms with Crippen LogP contribution in [-0.2, 0) is 9.59 Å². The molecule has 0 radical (unpaired) electrons. The Morgan fingerprint density at radius 2 is 1.80 bits per heavy atom. The molecule has 1 saturated heterocycles. The summed E-state index contributed by atoms with van der Waals surface area (Å²) in [5.74, 6) is -1.08. The Balaban J connectivity index is 2.46. The quantitative estimate of drug-likeness (QED) is 0.682. The lowest BCUT2D eigenvalue weighted by atomic mass is 10.2. The Morgan fingerprint density at radius 1 is 1.25 bits per heavy atom. The Hall–Kier alpha value is -1.83. The number of nitrogens with zero attached hydrogens (tertiary/aromatic N) is 3. The van der Waals surface area contributed by atoms with E-state index in [1.54, 1.807) is 18.9 Å². The number of carboxylic acid groups (broad SMARTS) is 1. The number of rotatable bonds is 4. The Morgan fingerprint density at radius 3 is 2.25 bits per heavy atom. The van der Waals surface area contributed by atoms with E-state index in [2.05, 4.69) is 5.32 Å². The lowest BCUT2D eigenvalue weighted by Crippen LogP contribution is -2.55. The number of carbonyl (C=O) groups excluding carboxylic acids is 2. The molecular weight excluding hydrogens is 264 g/mol. The van der Waals surface area contributed by atoms with E-state index in [4.69, 9.17) is 5.11 Å².